The summed E-state index contributed by atoms with van der Waals surface area (Å²) in [6.07, 6.45) is 0. The number of aromatic carboxylic acids is 1. The highest BCUT2D eigenvalue weighted by molar-refractivity contribution is 5.88. The monoisotopic (exact) mass is 257 g/mol. The van der Waals surface area contributed by atoms with Gasteiger partial charge in [-0.2, -0.15) is 5.10 Å². The second-order valence-corrected chi connectivity index (χ2v) is 4.25. The predicted molar refractivity (Wildman–Crippen MR) is 67.1 cm³/mol. The van der Waals surface area contributed by atoms with Crippen molar-refractivity contribution >= 4 is 11.6 Å². The van der Waals surface area contributed by atoms with Crippen LogP contribution in [0.2, 0.25) is 0 Å². The summed E-state index contributed by atoms with van der Waals surface area (Å²) in [6, 6.07) is 7.11. The molecule has 0 fully saturated rings. The van der Waals surface area contributed by atoms with Crippen molar-refractivity contribution in [2.24, 2.45) is 0 Å². The molecule has 19 heavy (non-hydrogen) atoms. The zero-order valence-electron chi connectivity index (χ0n) is 10.4. The zero-order chi connectivity index (χ0) is 13.6. The molecule has 0 aliphatic carbocycles. The SMILES string of the molecule is Cc1ccc(-c2ccc3nc(C)c(C(=O)O)n3n2)o1. The maximum atomic E-state index is 11.2. The van der Waals surface area contributed by atoms with E-state index >= 15 is 0 Å². The van der Waals surface area contributed by atoms with E-state index in [1.54, 1.807) is 25.1 Å². The molecule has 0 atom stereocenters. The van der Waals surface area contributed by atoms with Gasteiger partial charge in [0.2, 0.25) is 0 Å². The van der Waals surface area contributed by atoms with Crippen molar-refractivity contribution in [2.45, 2.75) is 13.8 Å². The molecule has 6 nitrogen and oxygen atoms in total. The second kappa shape index (κ2) is 3.94. The Kier molecular flexibility index (Phi) is 2.38. The van der Waals surface area contributed by atoms with E-state index in [9.17, 15) is 9.90 Å². The van der Waals surface area contributed by atoms with Crippen LogP contribution in [0.3, 0.4) is 0 Å². The van der Waals surface area contributed by atoms with Crippen LogP contribution in [0.25, 0.3) is 17.1 Å². The van der Waals surface area contributed by atoms with Gasteiger partial charge in [-0.05, 0) is 38.1 Å². The highest BCUT2D eigenvalue weighted by Crippen LogP contribution is 2.21. The van der Waals surface area contributed by atoms with E-state index in [4.69, 9.17) is 4.42 Å². The fourth-order valence-corrected chi connectivity index (χ4v) is 1.99. The third-order valence-electron chi connectivity index (χ3n) is 2.85. The lowest BCUT2D eigenvalue weighted by Gasteiger charge is -1.99. The number of hydrogen-bond acceptors (Lipinski definition) is 4. The van der Waals surface area contributed by atoms with E-state index in [0.29, 0.717) is 22.8 Å². The van der Waals surface area contributed by atoms with E-state index in [-0.39, 0.29) is 5.69 Å². The highest BCUT2D eigenvalue weighted by Gasteiger charge is 2.17. The number of fused-ring (bicyclic) bond motifs is 1. The normalized spacial score (nSPS) is 11.1. The summed E-state index contributed by atoms with van der Waals surface area (Å²) in [5.41, 5.74) is 1.58. The molecule has 3 aromatic heterocycles. The summed E-state index contributed by atoms with van der Waals surface area (Å²) >= 11 is 0. The average Bonchev–Trinajstić information content (AvgIpc) is 2.90. The molecule has 0 radical (unpaired) electrons. The van der Waals surface area contributed by atoms with E-state index in [1.165, 1.54) is 4.52 Å². The smallest absolute Gasteiger partial charge is 0.356 e. The quantitative estimate of drug-likeness (QED) is 0.761. The third-order valence-corrected chi connectivity index (χ3v) is 2.85. The maximum Gasteiger partial charge on any atom is 0.356 e. The molecule has 0 amide bonds. The van der Waals surface area contributed by atoms with Gasteiger partial charge in [0, 0.05) is 0 Å². The van der Waals surface area contributed by atoms with Crippen molar-refractivity contribution in [3.8, 4) is 11.5 Å². The second-order valence-electron chi connectivity index (χ2n) is 4.25. The molecule has 3 aromatic rings. The number of nitrogens with zero attached hydrogens (tertiary/aromatic N) is 3. The molecule has 0 saturated heterocycles. The number of carboxylic acids is 1. The molecule has 96 valence electrons. The number of carboxylic acid groups (broad SMARTS) is 1. The van der Waals surface area contributed by atoms with Crippen LogP contribution < -0.4 is 0 Å². The van der Waals surface area contributed by atoms with Gasteiger partial charge in [-0.3, -0.25) is 0 Å². The van der Waals surface area contributed by atoms with Gasteiger partial charge in [0.1, 0.15) is 11.5 Å². The third kappa shape index (κ3) is 1.77. The fraction of sp³-hybridized carbons (Fsp3) is 0.154. The van der Waals surface area contributed by atoms with Gasteiger partial charge < -0.3 is 9.52 Å². The molecule has 3 rings (SSSR count). The standard InChI is InChI=1S/C13H11N3O3/c1-7-3-5-10(19-7)9-4-6-11-14-8(2)12(13(17)18)16(11)15-9/h3-6H,1-2H3,(H,17,18). The number of carbonyl (C=O) groups is 1. The van der Waals surface area contributed by atoms with Gasteiger partial charge in [0.05, 0.1) is 5.69 Å². The Balaban J connectivity index is 2.25. The highest BCUT2D eigenvalue weighted by atomic mass is 16.4. The van der Waals surface area contributed by atoms with Gasteiger partial charge in [0.15, 0.2) is 17.1 Å². The molecule has 0 aliphatic rings. The van der Waals surface area contributed by atoms with Crippen molar-refractivity contribution in [2.75, 3.05) is 0 Å². The summed E-state index contributed by atoms with van der Waals surface area (Å²) in [5, 5.41) is 13.5. The van der Waals surface area contributed by atoms with E-state index < -0.39 is 5.97 Å². The van der Waals surface area contributed by atoms with Crippen LogP contribution in [0, 0.1) is 13.8 Å². The molecule has 3 heterocycles. The van der Waals surface area contributed by atoms with Crippen LogP contribution >= 0.6 is 0 Å². The Bertz CT molecular complexity index is 786. The van der Waals surface area contributed by atoms with E-state index in [0.717, 1.165) is 5.76 Å². The Hall–Kier alpha value is -2.63. The Labute approximate surface area is 108 Å². The lowest BCUT2D eigenvalue weighted by molar-refractivity contribution is 0.0687. The topological polar surface area (TPSA) is 80.6 Å². The first-order valence-electron chi connectivity index (χ1n) is 5.73. The number of hydrogen-bond donors (Lipinski definition) is 1. The van der Waals surface area contributed by atoms with Gasteiger partial charge in [-0.25, -0.2) is 14.3 Å². The molecule has 0 spiro atoms. The number of aryl methyl sites for hydroxylation is 2. The molecule has 0 unspecified atom stereocenters. The van der Waals surface area contributed by atoms with E-state index in [2.05, 4.69) is 10.1 Å². The summed E-state index contributed by atoms with van der Waals surface area (Å²) in [7, 11) is 0. The van der Waals surface area contributed by atoms with Crippen LogP contribution in [0.5, 0.6) is 0 Å². The minimum absolute atomic E-state index is 0.0696. The van der Waals surface area contributed by atoms with Crippen LogP contribution in [0.1, 0.15) is 21.9 Å². The molecule has 0 aliphatic heterocycles. The van der Waals surface area contributed by atoms with E-state index in [1.807, 2.05) is 13.0 Å². The van der Waals surface area contributed by atoms with Gasteiger partial charge in [-0.1, -0.05) is 0 Å². The van der Waals surface area contributed by atoms with Gasteiger partial charge >= 0.3 is 5.97 Å². The molecular formula is C13H11N3O3. The first-order chi connectivity index (χ1) is 9.06. The molecule has 1 N–H and O–H groups in total. The van der Waals surface area contributed by atoms with Crippen molar-refractivity contribution < 1.29 is 14.3 Å². The minimum atomic E-state index is -1.05. The first-order valence-corrected chi connectivity index (χ1v) is 5.73. The molecule has 6 heteroatoms. The van der Waals surface area contributed by atoms with Crippen LogP contribution in [-0.4, -0.2) is 25.7 Å². The van der Waals surface area contributed by atoms with Gasteiger partial charge in [-0.15, -0.1) is 0 Å². The Morgan fingerprint density at radius 2 is 2.05 bits per heavy atom. The van der Waals surface area contributed by atoms with Crippen LogP contribution in [0.4, 0.5) is 0 Å². The van der Waals surface area contributed by atoms with Crippen molar-refractivity contribution in [3.63, 3.8) is 0 Å². The van der Waals surface area contributed by atoms with Crippen LogP contribution in [-0.2, 0) is 0 Å². The number of furan rings is 1. The zero-order valence-corrected chi connectivity index (χ0v) is 10.4. The first kappa shape index (κ1) is 11.5. The number of imidazole rings is 1. The Morgan fingerprint density at radius 3 is 2.68 bits per heavy atom. The summed E-state index contributed by atoms with van der Waals surface area (Å²) in [4.78, 5) is 15.4. The fourth-order valence-electron chi connectivity index (χ4n) is 1.99. The molecule has 0 saturated carbocycles. The molecule has 0 aromatic carbocycles. The lowest BCUT2D eigenvalue weighted by Crippen LogP contribution is -2.06. The largest absolute Gasteiger partial charge is 0.476 e. The Morgan fingerprint density at radius 1 is 1.26 bits per heavy atom. The summed E-state index contributed by atoms with van der Waals surface area (Å²) in [6.45, 7) is 3.49. The van der Waals surface area contributed by atoms with Crippen molar-refractivity contribution in [3.05, 3.63) is 41.4 Å². The van der Waals surface area contributed by atoms with Crippen LogP contribution in [0.15, 0.2) is 28.7 Å². The maximum absolute atomic E-state index is 11.2. The minimum Gasteiger partial charge on any atom is -0.476 e. The van der Waals surface area contributed by atoms with Crippen molar-refractivity contribution in [1.29, 1.82) is 0 Å². The summed E-state index contributed by atoms with van der Waals surface area (Å²) < 4.78 is 6.81. The van der Waals surface area contributed by atoms with Gasteiger partial charge in [0.25, 0.3) is 0 Å². The lowest BCUT2D eigenvalue weighted by atomic mass is 10.3. The molecular weight excluding hydrogens is 246 g/mol. The predicted octanol–water partition coefficient (Wildman–Crippen LogP) is 2.30. The summed E-state index contributed by atoms with van der Waals surface area (Å²) in [5.74, 6) is 0.324. The number of rotatable bonds is 2. The number of aromatic nitrogens is 3. The molecule has 0 bridgehead atoms. The average molecular weight is 257 g/mol. The van der Waals surface area contributed by atoms with Crippen molar-refractivity contribution in [1.82, 2.24) is 14.6 Å².